The van der Waals surface area contributed by atoms with Crippen LogP contribution in [0.2, 0.25) is 0 Å². The molecule has 2 aromatic rings. The topological polar surface area (TPSA) is 0 Å². The lowest BCUT2D eigenvalue weighted by Gasteiger charge is -2.19. The molecule has 0 aliphatic carbocycles. The van der Waals surface area contributed by atoms with Gasteiger partial charge in [-0.1, -0.05) is 191 Å². The highest BCUT2D eigenvalue weighted by Crippen LogP contribution is 2.32. The minimum absolute atomic E-state index is 0.733. The molecular weight excluding hydrogens is 432 g/mol. The molecule has 0 amide bonds. The Morgan fingerprint density at radius 1 is 0.417 bits per heavy atom. The monoisotopic (exact) mass is 492 g/mol. The molecule has 36 heavy (non-hydrogen) atoms. The smallest absolute Gasteiger partial charge is 0.0149 e. The van der Waals surface area contributed by atoms with Crippen molar-refractivity contribution in [3.05, 3.63) is 48.0 Å². The molecular formula is C36H60. The van der Waals surface area contributed by atoms with Crippen LogP contribution in [-0.2, 0) is 0 Å². The molecule has 0 nitrogen and oxygen atoms in total. The van der Waals surface area contributed by atoms with Crippen molar-refractivity contribution in [2.24, 2.45) is 0 Å². The van der Waals surface area contributed by atoms with Gasteiger partial charge in [-0.15, -0.1) is 0 Å². The third-order valence-electron chi connectivity index (χ3n) is 8.31. The number of benzene rings is 2. The summed E-state index contributed by atoms with van der Waals surface area (Å²) in [4.78, 5) is 0. The van der Waals surface area contributed by atoms with Crippen LogP contribution in [0.4, 0.5) is 0 Å². The van der Waals surface area contributed by atoms with E-state index in [1.165, 1.54) is 158 Å². The first kappa shape index (κ1) is 30.9. The summed E-state index contributed by atoms with van der Waals surface area (Å²) in [5.41, 5.74) is 1.59. The first-order chi connectivity index (χ1) is 17.9. The number of fused-ring (bicyclic) bond motifs is 1. The molecule has 0 saturated carbocycles. The number of rotatable bonds is 24. The zero-order valence-corrected chi connectivity index (χ0v) is 24.4. The van der Waals surface area contributed by atoms with Crippen molar-refractivity contribution in [3.63, 3.8) is 0 Å². The molecule has 0 fully saturated rings. The lowest BCUT2D eigenvalue weighted by molar-refractivity contribution is 0.502. The molecule has 0 aliphatic rings. The lowest BCUT2D eigenvalue weighted by Crippen LogP contribution is -2.00. The van der Waals surface area contributed by atoms with Crippen LogP contribution in [0.25, 0.3) is 10.8 Å². The quantitative estimate of drug-likeness (QED) is 0.128. The highest BCUT2D eigenvalue weighted by molar-refractivity contribution is 5.86. The SMILES string of the molecule is CCCCCCCCCCCCCCCCCCCCCCC(CCC)c1cccc2ccccc12. The van der Waals surface area contributed by atoms with Crippen molar-refractivity contribution in [2.45, 2.75) is 167 Å². The van der Waals surface area contributed by atoms with Crippen LogP contribution < -0.4 is 0 Å². The maximum Gasteiger partial charge on any atom is -0.0149 e. The average Bonchev–Trinajstić information content (AvgIpc) is 2.91. The van der Waals surface area contributed by atoms with Gasteiger partial charge in [-0.05, 0) is 35.1 Å². The molecule has 1 atom stereocenters. The summed E-state index contributed by atoms with van der Waals surface area (Å²) in [6, 6.07) is 15.9. The fraction of sp³-hybridized carbons (Fsp3) is 0.722. The molecule has 0 saturated heterocycles. The standard InChI is InChI=1S/C36H60/c1-3-5-6-7-8-9-10-11-12-13-14-15-16-17-18-19-20-21-22-23-28-33(27-4-2)36-32-26-30-34-29-24-25-31-35(34)36/h24-26,29-33H,3-23,27-28H2,1-2H3. The van der Waals surface area contributed by atoms with E-state index in [2.05, 4.69) is 56.3 Å². The Morgan fingerprint density at radius 2 is 0.861 bits per heavy atom. The van der Waals surface area contributed by atoms with Crippen molar-refractivity contribution in [1.29, 1.82) is 0 Å². The van der Waals surface area contributed by atoms with E-state index >= 15 is 0 Å². The second-order valence-corrected chi connectivity index (χ2v) is 11.6. The first-order valence-corrected chi connectivity index (χ1v) is 16.3. The lowest BCUT2D eigenvalue weighted by atomic mass is 9.86. The summed E-state index contributed by atoms with van der Waals surface area (Å²) in [7, 11) is 0. The zero-order chi connectivity index (χ0) is 25.5. The Bertz CT molecular complexity index is 739. The van der Waals surface area contributed by atoms with Crippen molar-refractivity contribution in [1.82, 2.24) is 0 Å². The van der Waals surface area contributed by atoms with Gasteiger partial charge in [0.25, 0.3) is 0 Å². The fourth-order valence-corrected chi connectivity index (χ4v) is 6.06. The molecule has 2 rings (SSSR count). The maximum absolute atomic E-state index is 2.39. The predicted octanol–water partition coefficient (Wildman–Crippen LogP) is 12.9. The van der Waals surface area contributed by atoms with Gasteiger partial charge in [0.2, 0.25) is 0 Å². The van der Waals surface area contributed by atoms with Crippen LogP contribution in [0.3, 0.4) is 0 Å². The van der Waals surface area contributed by atoms with Crippen molar-refractivity contribution in [3.8, 4) is 0 Å². The van der Waals surface area contributed by atoms with Crippen molar-refractivity contribution in [2.75, 3.05) is 0 Å². The third-order valence-corrected chi connectivity index (χ3v) is 8.31. The molecule has 0 aliphatic heterocycles. The molecule has 0 spiro atoms. The molecule has 0 bridgehead atoms. The summed E-state index contributed by atoms with van der Waals surface area (Å²) in [6.45, 7) is 4.65. The summed E-state index contributed by atoms with van der Waals surface area (Å²) in [6.07, 6.45) is 33.1. The third kappa shape index (κ3) is 13.9. The summed E-state index contributed by atoms with van der Waals surface area (Å²) in [5.74, 6) is 0.733. The van der Waals surface area contributed by atoms with Crippen LogP contribution in [0.15, 0.2) is 42.5 Å². The highest BCUT2D eigenvalue weighted by Gasteiger charge is 2.13. The largest absolute Gasteiger partial charge is 0.0654 e. The highest BCUT2D eigenvalue weighted by atomic mass is 14.2. The maximum atomic E-state index is 2.39. The Hall–Kier alpha value is -1.30. The number of hydrogen-bond acceptors (Lipinski definition) is 0. The van der Waals surface area contributed by atoms with E-state index in [4.69, 9.17) is 0 Å². The molecule has 204 valence electrons. The minimum atomic E-state index is 0.733. The van der Waals surface area contributed by atoms with Gasteiger partial charge in [0.05, 0.1) is 0 Å². The van der Waals surface area contributed by atoms with Gasteiger partial charge in [-0.25, -0.2) is 0 Å². The Kier molecular flexibility index (Phi) is 18.7. The van der Waals surface area contributed by atoms with Gasteiger partial charge >= 0.3 is 0 Å². The zero-order valence-electron chi connectivity index (χ0n) is 24.4. The van der Waals surface area contributed by atoms with E-state index in [0.717, 1.165) is 5.92 Å². The van der Waals surface area contributed by atoms with E-state index in [-0.39, 0.29) is 0 Å². The van der Waals surface area contributed by atoms with Gasteiger partial charge in [-0.3, -0.25) is 0 Å². The van der Waals surface area contributed by atoms with Gasteiger partial charge < -0.3 is 0 Å². The summed E-state index contributed by atoms with van der Waals surface area (Å²) >= 11 is 0. The molecule has 0 aromatic heterocycles. The fourth-order valence-electron chi connectivity index (χ4n) is 6.06. The Morgan fingerprint density at radius 3 is 1.36 bits per heavy atom. The van der Waals surface area contributed by atoms with Crippen LogP contribution in [0.5, 0.6) is 0 Å². The first-order valence-electron chi connectivity index (χ1n) is 16.3. The van der Waals surface area contributed by atoms with Gasteiger partial charge in [-0.2, -0.15) is 0 Å². The van der Waals surface area contributed by atoms with E-state index in [0.29, 0.717) is 0 Å². The van der Waals surface area contributed by atoms with Gasteiger partial charge in [0.15, 0.2) is 0 Å². The van der Waals surface area contributed by atoms with Crippen LogP contribution >= 0.6 is 0 Å². The Labute approximate surface area is 226 Å². The normalized spacial score (nSPS) is 12.4. The van der Waals surface area contributed by atoms with Gasteiger partial charge in [0.1, 0.15) is 0 Å². The van der Waals surface area contributed by atoms with Crippen molar-refractivity contribution >= 4 is 10.8 Å². The number of hydrogen-bond donors (Lipinski definition) is 0. The second-order valence-electron chi connectivity index (χ2n) is 11.6. The molecule has 0 heterocycles. The van der Waals surface area contributed by atoms with Gasteiger partial charge in [0, 0.05) is 0 Å². The molecule has 1 unspecified atom stereocenters. The van der Waals surface area contributed by atoms with Crippen molar-refractivity contribution < 1.29 is 0 Å². The van der Waals surface area contributed by atoms with Crippen LogP contribution in [-0.4, -0.2) is 0 Å². The summed E-state index contributed by atoms with van der Waals surface area (Å²) < 4.78 is 0. The second kappa shape index (κ2) is 21.8. The average molecular weight is 493 g/mol. The van der Waals surface area contributed by atoms with E-state index in [9.17, 15) is 0 Å². The van der Waals surface area contributed by atoms with E-state index in [1.807, 2.05) is 0 Å². The van der Waals surface area contributed by atoms with E-state index in [1.54, 1.807) is 5.56 Å². The molecule has 0 N–H and O–H groups in total. The molecule has 0 radical (unpaired) electrons. The van der Waals surface area contributed by atoms with Crippen LogP contribution in [0.1, 0.15) is 173 Å². The molecule has 2 aromatic carbocycles. The molecule has 0 heteroatoms. The van der Waals surface area contributed by atoms with Crippen LogP contribution in [0, 0.1) is 0 Å². The van der Waals surface area contributed by atoms with E-state index < -0.39 is 0 Å². The Balaban J connectivity index is 1.39. The number of unbranched alkanes of at least 4 members (excludes halogenated alkanes) is 19. The predicted molar refractivity (Wildman–Crippen MR) is 164 cm³/mol. The summed E-state index contributed by atoms with van der Waals surface area (Å²) in [5, 5.41) is 2.88. The minimum Gasteiger partial charge on any atom is -0.0654 e.